The molecule has 1 N–H and O–H groups in total. The predicted octanol–water partition coefficient (Wildman–Crippen LogP) is 1.69. The maximum atomic E-state index is 5.33. The van der Waals surface area contributed by atoms with Crippen molar-refractivity contribution >= 4 is 5.69 Å². The third kappa shape index (κ3) is 7.77. The van der Waals surface area contributed by atoms with Gasteiger partial charge in [-0.15, -0.1) is 6.42 Å². The van der Waals surface area contributed by atoms with Crippen LogP contribution in [0.15, 0.2) is 24.3 Å². The van der Waals surface area contributed by atoms with Crippen molar-refractivity contribution in [2.24, 2.45) is 0 Å². The van der Waals surface area contributed by atoms with Crippen molar-refractivity contribution in [2.75, 3.05) is 52.2 Å². The molecule has 0 saturated carbocycles. The highest BCUT2D eigenvalue weighted by Crippen LogP contribution is 2.08. The summed E-state index contributed by atoms with van der Waals surface area (Å²) in [6.07, 6.45) is 5.27. The molecule has 0 saturated heterocycles. The summed E-state index contributed by atoms with van der Waals surface area (Å²) in [5.74, 6) is 2.55. The van der Waals surface area contributed by atoms with E-state index >= 15 is 0 Å². The molecule has 0 aromatic heterocycles. The topological polar surface area (TPSA) is 49.0 Å². The smallest absolute Gasteiger partial charge is 0.0979 e. The van der Waals surface area contributed by atoms with Crippen molar-refractivity contribution in [1.29, 1.82) is 0 Å². The number of anilines is 1. The van der Waals surface area contributed by atoms with Gasteiger partial charge in [0.25, 0.3) is 0 Å². The highest BCUT2D eigenvalue weighted by Gasteiger charge is 1.93. The third-order valence-corrected chi connectivity index (χ3v) is 2.38. The fourth-order valence-electron chi connectivity index (χ4n) is 1.33. The summed E-state index contributed by atoms with van der Waals surface area (Å²) in [6, 6.07) is 7.42. The van der Waals surface area contributed by atoms with Crippen LogP contribution in [0, 0.1) is 12.3 Å². The zero-order chi connectivity index (χ0) is 14.5. The largest absolute Gasteiger partial charge is 0.382 e. The lowest BCUT2D eigenvalue weighted by atomic mass is 10.2. The van der Waals surface area contributed by atoms with Gasteiger partial charge < -0.3 is 14.2 Å². The SMILES string of the molecule is C#Cc1ccc(NOCCOCCOCCOC)cc1. The lowest BCUT2D eigenvalue weighted by Gasteiger charge is -2.08. The van der Waals surface area contributed by atoms with Crippen LogP contribution >= 0.6 is 0 Å². The number of rotatable bonds is 11. The summed E-state index contributed by atoms with van der Waals surface area (Å²) in [6.45, 7) is 3.25. The van der Waals surface area contributed by atoms with Crippen LogP contribution in [0.25, 0.3) is 0 Å². The van der Waals surface area contributed by atoms with E-state index in [9.17, 15) is 0 Å². The summed E-state index contributed by atoms with van der Waals surface area (Å²) in [7, 11) is 1.64. The summed E-state index contributed by atoms with van der Waals surface area (Å²) < 4.78 is 15.4. The highest BCUT2D eigenvalue weighted by molar-refractivity contribution is 5.46. The first kappa shape index (κ1) is 16.5. The van der Waals surface area contributed by atoms with E-state index in [1.807, 2.05) is 24.3 Å². The predicted molar refractivity (Wildman–Crippen MR) is 77.5 cm³/mol. The van der Waals surface area contributed by atoms with Crippen molar-refractivity contribution in [3.8, 4) is 12.3 Å². The maximum Gasteiger partial charge on any atom is 0.0979 e. The number of hydrogen-bond acceptors (Lipinski definition) is 5. The molecule has 0 aliphatic rings. The first-order chi connectivity index (χ1) is 9.86. The molecule has 0 heterocycles. The third-order valence-electron chi connectivity index (χ3n) is 2.38. The quantitative estimate of drug-likeness (QED) is 0.379. The van der Waals surface area contributed by atoms with Crippen molar-refractivity contribution in [3.05, 3.63) is 29.8 Å². The molecule has 0 radical (unpaired) electrons. The number of methoxy groups -OCH3 is 1. The van der Waals surface area contributed by atoms with Crippen LogP contribution in [0.2, 0.25) is 0 Å². The van der Waals surface area contributed by atoms with Gasteiger partial charge >= 0.3 is 0 Å². The molecule has 0 atom stereocenters. The molecule has 0 spiro atoms. The highest BCUT2D eigenvalue weighted by atomic mass is 16.7. The fraction of sp³-hybridized carbons (Fsp3) is 0.467. The van der Waals surface area contributed by atoms with Crippen LogP contribution in [-0.2, 0) is 19.0 Å². The Bertz CT molecular complexity index is 386. The normalized spacial score (nSPS) is 10.2. The number of hydrogen-bond donors (Lipinski definition) is 1. The van der Waals surface area contributed by atoms with Gasteiger partial charge in [-0.1, -0.05) is 5.92 Å². The number of ether oxygens (including phenoxy) is 3. The van der Waals surface area contributed by atoms with Gasteiger partial charge in [0.1, 0.15) is 0 Å². The molecule has 1 rings (SSSR count). The minimum atomic E-state index is 0.453. The Kier molecular flexibility index (Phi) is 9.28. The van der Waals surface area contributed by atoms with Crippen LogP contribution in [0.4, 0.5) is 5.69 Å². The summed E-state index contributed by atoms with van der Waals surface area (Å²) in [4.78, 5) is 5.25. The van der Waals surface area contributed by atoms with Gasteiger partial charge in [0.05, 0.1) is 45.3 Å². The standard InChI is InChI=1S/C15H21NO4/c1-3-14-4-6-15(7-5-14)16-20-13-12-19-11-10-18-9-8-17-2/h1,4-7,16H,8-13H2,2H3. The molecule has 0 aliphatic heterocycles. The summed E-state index contributed by atoms with van der Waals surface area (Å²) in [5.41, 5.74) is 4.51. The van der Waals surface area contributed by atoms with Gasteiger partial charge in [0, 0.05) is 12.7 Å². The molecule has 0 amide bonds. The monoisotopic (exact) mass is 279 g/mol. The fourth-order valence-corrected chi connectivity index (χ4v) is 1.33. The van der Waals surface area contributed by atoms with Gasteiger partial charge in [-0.05, 0) is 24.3 Å². The first-order valence-electron chi connectivity index (χ1n) is 6.45. The average Bonchev–Trinajstić information content (AvgIpc) is 2.50. The Balaban J connectivity index is 1.93. The molecule has 5 heteroatoms. The van der Waals surface area contributed by atoms with E-state index in [2.05, 4.69) is 11.4 Å². The van der Waals surface area contributed by atoms with Crippen LogP contribution in [0.3, 0.4) is 0 Å². The van der Waals surface area contributed by atoms with Gasteiger partial charge in [0.2, 0.25) is 0 Å². The lowest BCUT2D eigenvalue weighted by molar-refractivity contribution is 0.0103. The molecule has 0 unspecified atom stereocenters. The molecular formula is C15H21NO4. The van der Waals surface area contributed by atoms with E-state index < -0.39 is 0 Å². The second-order valence-corrected chi connectivity index (χ2v) is 3.89. The van der Waals surface area contributed by atoms with Crippen molar-refractivity contribution in [2.45, 2.75) is 0 Å². The number of nitrogens with one attached hydrogen (secondary N) is 1. The summed E-state index contributed by atoms with van der Waals surface area (Å²) in [5, 5.41) is 0. The van der Waals surface area contributed by atoms with Crippen LogP contribution in [0.5, 0.6) is 0 Å². The molecule has 110 valence electrons. The van der Waals surface area contributed by atoms with Crippen LogP contribution in [-0.4, -0.2) is 46.8 Å². The Morgan fingerprint density at radius 2 is 1.55 bits per heavy atom. The van der Waals surface area contributed by atoms with Crippen molar-refractivity contribution in [3.63, 3.8) is 0 Å². The molecular weight excluding hydrogens is 258 g/mol. The number of terminal acetylenes is 1. The van der Waals surface area contributed by atoms with Gasteiger partial charge in [0.15, 0.2) is 0 Å². The van der Waals surface area contributed by atoms with Gasteiger partial charge in [-0.3, -0.25) is 10.3 Å². The average molecular weight is 279 g/mol. The van der Waals surface area contributed by atoms with E-state index in [1.165, 1.54) is 0 Å². The maximum absolute atomic E-state index is 5.33. The van der Waals surface area contributed by atoms with Crippen LogP contribution in [0.1, 0.15) is 5.56 Å². The zero-order valence-corrected chi connectivity index (χ0v) is 11.8. The van der Waals surface area contributed by atoms with E-state index in [4.69, 9.17) is 25.5 Å². The van der Waals surface area contributed by atoms with Gasteiger partial charge in [-0.2, -0.15) is 0 Å². The molecule has 1 aromatic rings. The Labute approximate surface area is 120 Å². The van der Waals surface area contributed by atoms with E-state index in [0.717, 1.165) is 11.3 Å². The van der Waals surface area contributed by atoms with Crippen LogP contribution < -0.4 is 5.48 Å². The van der Waals surface area contributed by atoms with E-state index in [-0.39, 0.29) is 0 Å². The van der Waals surface area contributed by atoms with E-state index in [0.29, 0.717) is 39.6 Å². The Morgan fingerprint density at radius 3 is 2.15 bits per heavy atom. The molecule has 5 nitrogen and oxygen atoms in total. The van der Waals surface area contributed by atoms with Gasteiger partial charge in [-0.25, -0.2) is 0 Å². The summed E-state index contributed by atoms with van der Waals surface area (Å²) >= 11 is 0. The van der Waals surface area contributed by atoms with E-state index in [1.54, 1.807) is 7.11 Å². The minimum Gasteiger partial charge on any atom is -0.382 e. The molecule has 1 aromatic carbocycles. The zero-order valence-electron chi connectivity index (χ0n) is 11.8. The first-order valence-corrected chi connectivity index (χ1v) is 6.45. The number of benzene rings is 1. The molecule has 0 bridgehead atoms. The Hall–Kier alpha value is -1.58. The molecule has 20 heavy (non-hydrogen) atoms. The molecule has 0 fully saturated rings. The Morgan fingerprint density at radius 1 is 0.950 bits per heavy atom. The minimum absolute atomic E-state index is 0.453. The van der Waals surface area contributed by atoms with Crippen molar-refractivity contribution < 1.29 is 19.0 Å². The molecule has 0 aliphatic carbocycles. The second kappa shape index (κ2) is 11.3. The van der Waals surface area contributed by atoms with Crippen molar-refractivity contribution in [1.82, 2.24) is 0 Å². The second-order valence-electron chi connectivity index (χ2n) is 3.89. The lowest BCUT2D eigenvalue weighted by Crippen LogP contribution is -2.12.